The van der Waals surface area contributed by atoms with Gasteiger partial charge in [0.1, 0.15) is 0 Å². The third kappa shape index (κ3) is 3.67. The van der Waals surface area contributed by atoms with Gasteiger partial charge in [-0.25, -0.2) is 0 Å². The van der Waals surface area contributed by atoms with Crippen molar-refractivity contribution < 1.29 is 4.79 Å². The average molecular weight is 263 g/mol. The van der Waals surface area contributed by atoms with Crippen LogP contribution >= 0.6 is 0 Å². The molecule has 1 fully saturated rings. The van der Waals surface area contributed by atoms with E-state index in [2.05, 4.69) is 5.32 Å². The fourth-order valence-corrected chi connectivity index (χ4v) is 2.63. The number of nitrogens with zero attached hydrogens (tertiary/aromatic N) is 1. The molecule has 1 aromatic heterocycles. The van der Waals surface area contributed by atoms with Crippen molar-refractivity contribution in [1.29, 1.82) is 0 Å². The van der Waals surface area contributed by atoms with Crippen LogP contribution in [0.4, 0.5) is 5.69 Å². The highest BCUT2D eigenvalue weighted by molar-refractivity contribution is 5.91. The molecule has 1 aromatic rings. The van der Waals surface area contributed by atoms with Crippen molar-refractivity contribution in [3.63, 3.8) is 0 Å². The molecule has 19 heavy (non-hydrogen) atoms. The van der Waals surface area contributed by atoms with E-state index in [0.717, 1.165) is 25.7 Å². The zero-order chi connectivity index (χ0) is 13.9. The predicted octanol–water partition coefficient (Wildman–Crippen LogP) is 1.38. The number of anilines is 1. The van der Waals surface area contributed by atoms with Crippen LogP contribution in [0, 0.1) is 0 Å². The normalized spacial score (nSPS) is 18.0. The van der Waals surface area contributed by atoms with Gasteiger partial charge >= 0.3 is 0 Å². The molecule has 0 unspecified atom stereocenters. The number of aryl methyl sites for hydroxylation is 1. The minimum Gasteiger partial charge on any atom is -0.325 e. The minimum absolute atomic E-state index is 0.0805. The Morgan fingerprint density at radius 3 is 2.68 bits per heavy atom. The van der Waals surface area contributed by atoms with Crippen molar-refractivity contribution in [2.45, 2.75) is 44.1 Å². The summed E-state index contributed by atoms with van der Waals surface area (Å²) in [6.07, 6.45) is 7.19. The molecular weight excluding hydrogens is 242 g/mol. The summed E-state index contributed by atoms with van der Waals surface area (Å²) in [5, 5.41) is 2.80. The summed E-state index contributed by atoms with van der Waals surface area (Å²) >= 11 is 0. The second-order valence-electron chi connectivity index (χ2n) is 5.51. The second kappa shape index (κ2) is 5.57. The Balaban J connectivity index is 1.97. The van der Waals surface area contributed by atoms with Gasteiger partial charge in [-0.3, -0.25) is 9.59 Å². The molecule has 0 saturated heterocycles. The van der Waals surface area contributed by atoms with E-state index < -0.39 is 0 Å². The van der Waals surface area contributed by atoms with E-state index in [1.807, 2.05) is 0 Å². The predicted molar refractivity (Wildman–Crippen MR) is 74.9 cm³/mol. The highest BCUT2D eigenvalue weighted by Crippen LogP contribution is 2.28. The number of carbonyl (C=O) groups excluding carboxylic acids is 1. The van der Waals surface area contributed by atoms with E-state index in [-0.39, 0.29) is 17.0 Å². The lowest BCUT2D eigenvalue weighted by atomic mass is 9.80. The van der Waals surface area contributed by atoms with Gasteiger partial charge < -0.3 is 15.6 Å². The van der Waals surface area contributed by atoms with Gasteiger partial charge in [0.25, 0.3) is 0 Å². The van der Waals surface area contributed by atoms with Crippen molar-refractivity contribution in [1.82, 2.24) is 4.57 Å². The summed E-state index contributed by atoms with van der Waals surface area (Å²) in [5.74, 6) is -0.0805. The number of amides is 1. The molecule has 0 bridgehead atoms. The zero-order valence-corrected chi connectivity index (χ0v) is 11.3. The van der Waals surface area contributed by atoms with Gasteiger partial charge in [0.15, 0.2) is 0 Å². The molecule has 1 saturated carbocycles. The van der Waals surface area contributed by atoms with Crippen molar-refractivity contribution in [3.05, 3.63) is 28.7 Å². The standard InChI is InChI=1S/C14H21N3O2/c1-17-10-11(5-6-13(17)19)16-12(18)9-14(15)7-3-2-4-8-14/h5-6,10H,2-4,7-9,15H2,1H3,(H,16,18). The maximum absolute atomic E-state index is 12.0. The van der Waals surface area contributed by atoms with Crippen LogP contribution in [0.25, 0.3) is 0 Å². The van der Waals surface area contributed by atoms with Crippen molar-refractivity contribution in [2.75, 3.05) is 5.32 Å². The summed E-state index contributed by atoms with van der Waals surface area (Å²) in [5.41, 5.74) is 6.43. The topological polar surface area (TPSA) is 77.1 Å². The molecule has 5 nitrogen and oxygen atoms in total. The Bertz CT molecular complexity index is 516. The quantitative estimate of drug-likeness (QED) is 0.864. The Morgan fingerprint density at radius 1 is 1.37 bits per heavy atom. The smallest absolute Gasteiger partial charge is 0.250 e. The third-order valence-corrected chi connectivity index (χ3v) is 3.73. The molecule has 104 valence electrons. The zero-order valence-electron chi connectivity index (χ0n) is 11.3. The van der Waals surface area contributed by atoms with Gasteiger partial charge in [0, 0.05) is 31.3 Å². The first-order valence-corrected chi connectivity index (χ1v) is 6.74. The number of hydrogen-bond donors (Lipinski definition) is 2. The van der Waals surface area contributed by atoms with E-state index in [9.17, 15) is 9.59 Å². The molecule has 1 amide bonds. The van der Waals surface area contributed by atoms with E-state index in [4.69, 9.17) is 5.73 Å². The first-order valence-electron chi connectivity index (χ1n) is 6.74. The van der Waals surface area contributed by atoms with Crippen LogP contribution in [0.5, 0.6) is 0 Å². The van der Waals surface area contributed by atoms with Crippen LogP contribution in [0.2, 0.25) is 0 Å². The van der Waals surface area contributed by atoms with Crippen molar-refractivity contribution >= 4 is 11.6 Å². The molecule has 0 radical (unpaired) electrons. The molecule has 1 heterocycles. The largest absolute Gasteiger partial charge is 0.325 e. The first kappa shape index (κ1) is 13.8. The van der Waals surface area contributed by atoms with Crippen LogP contribution in [0.1, 0.15) is 38.5 Å². The summed E-state index contributed by atoms with van der Waals surface area (Å²) in [6, 6.07) is 3.05. The number of rotatable bonds is 3. The molecule has 1 aliphatic carbocycles. The molecule has 3 N–H and O–H groups in total. The lowest BCUT2D eigenvalue weighted by Gasteiger charge is -2.32. The fraction of sp³-hybridized carbons (Fsp3) is 0.571. The Morgan fingerprint density at radius 2 is 2.05 bits per heavy atom. The number of pyridine rings is 1. The number of aromatic nitrogens is 1. The lowest BCUT2D eigenvalue weighted by Crippen LogP contribution is -2.44. The Hall–Kier alpha value is -1.62. The molecular formula is C14H21N3O2. The number of hydrogen-bond acceptors (Lipinski definition) is 3. The van der Waals surface area contributed by atoms with Gasteiger partial charge in [-0.1, -0.05) is 19.3 Å². The van der Waals surface area contributed by atoms with E-state index in [1.165, 1.54) is 17.1 Å². The van der Waals surface area contributed by atoms with Crippen LogP contribution < -0.4 is 16.6 Å². The van der Waals surface area contributed by atoms with Gasteiger partial charge in [-0.05, 0) is 18.9 Å². The molecule has 2 rings (SSSR count). The fourth-order valence-electron chi connectivity index (χ4n) is 2.63. The maximum Gasteiger partial charge on any atom is 0.250 e. The Kier molecular flexibility index (Phi) is 4.04. The summed E-state index contributed by atoms with van der Waals surface area (Å²) in [6.45, 7) is 0. The van der Waals surface area contributed by atoms with Crippen LogP contribution in [0.3, 0.4) is 0 Å². The highest BCUT2D eigenvalue weighted by Gasteiger charge is 2.29. The lowest BCUT2D eigenvalue weighted by molar-refractivity contribution is -0.117. The molecule has 0 aliphatic heterocycles. The first-order chi connectivity index (χ1) is 8.98. The third-order valence-electron chi connectivity index (χ3n) is 3.73. The van der Waals surface area contributed by atoms with Gasteiger partial charge in [0.05, 0.1) is 5.69 Å². The van der Waals surface area contributed by atoms with Crippen LogP contribution in [-0.2, 0) is 11.8 Å². The number of nitrogens with one attached hydrogen (secondary N) is 1. The van der Waals surface area contributed by atoms with Gasteiger partial charge in [-0.2, -0.15) is 0 Å². The summed E-state index contributed by atoms with van der Waals surface area (Å²) in [7, 11) is 1.66. The second-order valence-corrected chi connectivity index (χ2v) is 5.51. The van der Waals surface area contributed by atoms with E-state index in [0.29, 0.717) is 12.1 Å². The van der Waals surface area contributed by atoms with Gasteiger partial charge in [0.2, 0.25) is 11.5 Å². The monoisotopic (exact) mass is 263 g/mol. The molecule has 0 atom stereocenters. The Labute approximate surface area is 112 Å². The molecule has 0 aromatic carbocycles. The minimum atomic E-state index is -0.358. The van der Waals surface area contributed by atoms with E-state index in [1.54, 1.807) is 19.3 Å². The van der Waals surface area contributed by atoms with Gasteiger partial charge in [-0.15, -0.1) is 0 Å². The SMILES string of the molecule is Cn1cc(NC(=O)CC2(N)CCCCC2)ccc1=O. The molecule has 5 heteroatoms. The molecule has 1 aliphatic rings. The number of nitrogens with two attached hydrogens (primary N) is 1. The van der Waals surface area contributed by atoms with Crippen molar-refractivity contribution in [2.24, 2.45) is 12.8 Å². The summed E-state index contributed by atoms with van der Waals surface area (Å²) < 4.78 is 1.44. The van der Waals surface area contributed by atoms with Crippen LogP contribution in [0.15, 0.2) is 23.1 Å². The van der Waals surface area contributed by atoms with E-state index >= 15 is 0 Å². The number of carbonyl (C=O) groups is 1. The highest BCUT2D eigenvalue weighted by atomic mass is 16.1. The molecule has 0 spiro atoms. The average Bonchev–Trinajstić information content (AvgIpc) is 2.34. The van der Waals surface area contributed by atoms with Crippen LogP contribution in [-0.4, -0.2) is 16.0 Å². The maximum atomic E-state index is 12.0. The van der Waals surface area contributed by atoms with Crippen molar-refractivity contribution in [3.8, 4) is 0 Å². The summed E-state index contributed by atoms with van der Waals surface area (Å²) in [4.78, 5) is 23.3.